The van der Waals surface area contributed by atoms with E-state index in [4.69, 9.17) is 9.47 Å². The molecule has 3 atom stereocenters. The van der Waals surface area contributed by atoms with Crippen LogP contribution in [-0.2, 0) is 29.1 Å². The van der Waals surface area contributed by atoms with Crippen molar-refractivity contribution in [3.8, 4) is 0 Å². The third-order valence-corrected chi connectivity index (χ3v) is 5.83. The molecular formula is C18H23N3O6S. The molecule has 2 heterocycles. The topological polar surface area (TPSA) is 114 Å². The van der Waals surface area contributed by atoms with Crippen molar-refractivity contribution in [2.75, 3.05) is 19.7 Å². The molecule has 0 aliphatic carbocycles. The summed E-state index contributed by atoms with van der Waals surface area (Å²) in [5.74, 6) is -0.928. The second kappa shape index (κ2) is 7.88. The molecule has 2 aliphatic heterocycles. The number of amidine groups is 1. The lowest BCUT2D eigenvalue weighted by molar-refractivity contribution is -0.157. The monoisotopic (exact) mass is 409 g/mol. The number of ether oxygens (including phenoxy) is 2. The predicted octanol–water partition coefficient (Wildman–Crippen LogP) is 0.293. The summed E-state index contributed by atoms with van der Waals surface area (Å²) in [4.78, 5) is 30.3. The van der Waals surface area contributed by atoms with Crippen LogP contribution in [0.1, 0.15) is 26.3 Å². The van der Waals surface area contributed by atoms with Gasteiger partial charge in [-0.1, -0.05) is 12.1 Å². The zero-order chi connectivity index (χ0) is 20.5. The Morgan fingerprint density at radius 1 is 1.29 bits per heavy atom. The number of hydrogen-bond acceptors (Lipinski definition) is 7. The molecule has 28 heavy (non-hydrogen) atoms. The van der Waals surface area contributed by atoms with E-state index < -0.39 is 28.6 Å². The Bertz CT molecular complexity index is 904. The van der Waals surface area contributed by atoms with Crippen molar-refractivity contribution in [3.63, 3.8) is 0 Å². The van der Waals surface area contributed by atoms with Crippen LogP contribution in [-0.4, -0.2) is 69.0 Å². The Morgan fingerprint density at radius 3 is 2.61 bits per heavy atom. The maximum Gasteiger partial charge on any atom is 0.331 e. The largest absolute Gasteiger partial charge is 0.454 e. The summed E-state index contributed by atoms with van der Waals surface area (Å²) >= 11 is 0. The lowest BCUT2D eigenvalue weighted by Crippen LogP contribution is -2.49. The summed E-state index contributed by atoms with van der Waals surface area (Å²) in [7, 11) is -3.68. The maximum atomic E-state index is 12.3. The molecule has 0 aromatic heterocycles. The van der Waals surface area contributed by atoms with Gasteiger partial charge in [0.1, 0.15) is 11.9 Å². The van der Waals surface area contributed by atoms with E-state index in [9.17, 15) is 18.0 Å². The second-order valence-electron chi connectivity index (χ2n) is 6.92. The minimum atomic E-state index is -3.68. The van der Waals surface area contributed by atoms with Crippen LogP contribution in [0, 0.1) is 0 Å². The predicted molar refractivity (Wildman–Crippen MR) is 100 cm³/mol. The molecule has 0 saturated carbocycles. The van der Waals surface area contributed by atoms with Gasteiger partial charge in [-0.3, -0.25) is 14.5 Å². The number of esters is 1. The Morgan fingerprint density at radius 2 is 1.93 bits per heavy atom. The quantitative estimate of drug-likeness (QED) is 0.715. The van der Waals surface area contributed by atoms with Gasteiger partial charge < -0.3 is 14.4 Å². The molecule has 10 heteroatoms. The van der Waals surface area contributed by atoms with Crippen LogP contribution < -0.4 is 4.72 Å². The summed E-state index contributed by atoms with van der Waals surface area (Å²) in [6, 6.07) is 5.39. The van der Waals surface area contributed by atoms with Gasteiger partial charge in [-0.25, -0.2) is 13.2 Å². The summed E-state index contributed by atoms with van der Waals surface area (Å²) in [5.41, 5.74) is 0.398. The minimum absolute atomic E-state index is 0.0795. The van der Waals surface area contributed by atoms with Crippen LogP contribution in [0.2, 0.25) is 0 Å². The van der Waals surface area contributed by atoms with Crippen molar-refractivity contribution in [1.82, 2.24) is 9.62 Å². The molecule has 3 rings (SSSR count). The fourth-order valence-electron chi connectivity index (χ4n) is 3.20. The highest BCUT2D eigenvalue weighted by Gasteiger charge is 2.32. The van der Waals surface area contributed by atoms with Crippen LogP contribution in [0.4, 0.5) is 0 Å². The first-order valence-electron chi connectivity index (χ1n) is 8.97. The first kappa shape index (κ1) is 20.3. The number of sulfonamides is 1. The van der Waals surface area contributed by atoms with E-state index in [2.05, 4.69) is 9.71 Å². The number of amides is 1. The van der Waals surface area contributed by atoms with Crippen LogP contribution in [0.15, 0.2) is 34.2 Å². The molecular weight excluding hydrogens is 386 g/mol. The molecule has 9 nitrogen and oxygen atoms in total. The zero-order valence-electron chi connectivity index (χ0n) is 15.9. The van der Waals surface area contributed by atoms with E-state index in [-0.39, 0.29) is 28.8 Å². The van der Waals surface area contributed by atoms with Gasteiger partial charge in [0.25, 0.3) is 15.9 Å². The molecule has 2 aliphatic rings. The highest BCUT2D eigenvalue weighted by atomic mass is 32.2. The van der Waals surface area contributed by atoms with Gasteiger partial charge in [-0.2, -0.15) is 0 Å². The van der Waals surface area contributed by atoms with E-state index in [1.165, 1.54) is 13.0 Å². The van der Waals surface area contributed by atoms with Gasteiger partial charge in [0, 0.05) is 18.7 Å². The molecule has 1 aromatic carbocycles. The molecule has 1 amide bonds. The Kier molecular flexibility index (Phi) is 5.71. The van der Waals surface area contributed by atoms with Gasteiger partial charge in [0.15, 0.2) is 6.61 Å². The fourth-order valence-corrected chi connectivity index (χ4v) is 4.44. The van der Waals surface area contributed by atoms with Gasteiger partial charge in [-0.15, -0.1) is 0 Å². The molecule has 1 N–H and O–H groups in total. The third kappa shape index (κ3) is 4.33. The van der Waals surface area contributed by atoms with E-state index in [1.54, 1.807) is 23.1 Å². The number of nitrogens with zero attached hydrogens (tertiary/aromatic N) is 2. The van der Waals surface area contributed by atoms with Gasteiger partial charge in [0.05, 0.1) is 17.1 Å². The number of aliphatic imine (C=N–C) groups is 1. The highest BCUT2D eigenvalue weighted by molar-refractivity contribution is 7.90. The van der Waals surface area contributed by atoms with Crippen LogP contribution in [0.5, 0.6) is 0 Å². The van der Waals surface area contributed by atoms with Crippen molar-refractivity contribution in [3.05, 3.63) is 29.8 Å². The van der Waals surface area contributed by atoms with Crippen LogP contribution >= 0.6 is 0 Å². The van der Waals surface area contributed by atoms with Crippen LogP contribution in [0.3, 0.4) is 0 Å². The maximum absolute atomic E-state index is 12.3. The zero-order valence-corrected chi connectivity index (χ0v) is 16.7. The highest BCUT2D eigenvalue weighted by Crippen LogP contribution is 2.22. The number of hydrogen-bond donors (Lipinski definition) is 1. The first-order valence-corrected chi connectivity index (χ1v) is 10.5. The molecule has 1 aromatic rings. The number of nitrogens with one attached hydrogen (secondary N) is 1. The van der Waals surface area contributed by atoms with Crippen molar-refractivity contribution in [2.45, 2.75) is 43.9 Å². The summed E-state index contributed by atoms with van der Waals surface area (Å²) in [5, 5.41) is 0. The SMILES string of the molecule is C[C@H](N=C1NS(=O)(=O)c2ccccc21)C(=O)OCC(=O)N1C[C@H](C)O[C@@H](C)C1. The lowest BCUT2D eigenvalue weighted by atomic mass is 10.2. The fraction of sp³-hybridized carbons (Fsp3) is 0.500. The number of carbonyl (C=O) groups excluding carboxylic acids is 2. The normalized spacial score (nSPS) is 25.7. The van der Waals surface area contributed by atoms with E-state index in [1.807, 2.05) is 13.8 Å². The number of benzene rings is 1. The molecule has 1 fully saturated rings. The van der Waals surface area contributed by atoms with E-state index >= 15 is 0 Å². The minimum Gasteiger partial charge on any atom is -0.454 e. The first-order chi connectivity index (χ1) is 13.2. The second-order valence-corrected chi connectivity index (χ2v) is 8.57. The average molecular weight is 409 g/mol. The van der Waals surface area contributed by atoms with Crippen molar-refractivity contribution in [1.29, 1.82) is 0 Å². The number of morpholine rings is 1. The molecule has 1 saturated heterocycles. The van der Waals surface area contributed by atoms with E-state index in [0.29, 0.717) is 18.7 Å². The summed E-state index contributed by atoms with van der Waals surface area (Å²) in [6.45, 7) is 5.72. The number of fused-ring (bicyclic) bond motifs is 1. The number of rotatable bonds is 4. The van der Waals surface area contributed by atoms with Gasteiger partial charge in [0.2, 0.25) is 0 Å². The van der Waals surface area contributed by atoms with Gasteiger partial charge in [-0.05, 0) is 32.9 Å². The molecule has 0 unspecified atom stereocenters. The average Bonchev–Trinajstić information content (AvgIpc) is 2.89. The summed E-state index contributed by atoms with van der Waals surface area (Å²) in [6.07, 6.45) is -0.159. The standard InChI is InChI=1S/C18H23N3O6S/c1-11-8-21(9-12(2)27-11)16(22)10-26-18(23)13(3)19-17-14-6-4-5-7-15(14)28(24,25)20-17/h4-7,11-13H,8-10H2,1-3H3,(H,19,20)/t11-,12-,13-/m0/s1. The van der Waals surface area contributed by atoms with Crippen molar-refractivity contribution < 1.29 is 27.5 Å². The van der Waals surface area contributed by atoms with Crippen LogP contribution in [0.25, 0.3) is 0 Å². The van der Waals surface area contributed by atoms with Crippen molar-refractivity contribution >= 4 is 27.7 Å². The molecule has 0 spiro atoms. The number of carbonyl (C=O) groups is 2. The lowest BCUT2D eigenvalue weighted by Gasteiger charge is -2.35. The Labute approximate surface area is 163 Å². The smallest absolute Gasteiger partial charge is 0.331 e. The summed E-state index contributed by atoms with van der Waals surface area (Å²) < 4.78 is 37.2. The Balaban J connectivity index is 1.61. The molecule has 152 valence electrons. The molecule has 0 bridgehead atoms. The third-order valence-electron chi connectivity index (χ3n) is 4.44. The van der Waals surface area contributed by atoms with E-state index in [0.717, 1.165) is 0 Å². The van der Waals surface area contributed by atoms with Crippen molar-refractivity contribution in [2.24, 2.45) is 4.99 Å². The Hall–Kier alpha value is -2.46. The van der Waals surface area contributed by atoms with Gasteiger partial charge >= 0.3 is 5.97 Å². The molecule has 0 radical (unpaired) electrons.